The monoisotopic (exact) mass is 400 g/mol. The molecule has 0 radical (unpaired) electrons. The summed E-state index contributed by atoms with van der Waals surface area (Å²) in [4.78, 5) is 0. The van der Waals surface area contributed by atoms with E-state index in [0.717, 1.165) is 26.5 Å². The van der Waals surface area contributed by atoms with E-state index in [9.17, 15) is 9.50 Å². The molecule has 0 aromatic heterocycles. The second kappa shape index (κ2) is 7.34. The van der Waals surface area contributed by atoms with E-state index in [2.05, 4.69) is 31.9 Å². The fraction of sp³-hybridized carbons (Fsp3) is 0.250. The van der Waals surface area contributed by atoms with Crippen molar-refractivity contribution >= 4 is 31.9 Å². The van der Waals surface area contributed by atoms with E-state index < -0.39 is 0 Å². The van der Waals surface area contributed by atoms with Crippen LogP contribution in [0.2, 0.25) is 0 Å². The average molecular weight is 402 g/mol. The molecule has 0 aliphatic heterocycles. The van der Waals surface area contributed by atoms with Gasteiger partial charge in [0.15, 0.2) is 0 Å². The first-order valence-electron chi connectivity index (χ1n) is 6.37. The molecule has 0 aliphatic carbocycles. The van der Waals surface area contributed by atoms with E-state index in [1.165, 1.54) is 12.1 Å². The van der Waals surface area contributed by atoms with Gasteiger partial charge in [0.05, 0.1) is 0 Å². The van der Waals surface area contributed by atoms with Gasteiger partial charge >= 0.3 is 0 Å². The summed E-state index contributed by atoms with van der Waals surface area (Å²) < 4.78 is 15.2. The normalized spacial score (nSPS) is 12.4. The maximum atomic E-state index is 13.3. The quantitative estimate of drug-likeness (QED) is 0.766. The molecule has 1 nitrogen and oxygen atoms in total. The summed E-state index contributed by atoms with van der Waals surface area (Å²) in [5.74, 6) is -0.176. The molecule has 0 bridgehead atoms. The lowest BCUT2D eigenvalue weighted by atomic mass is 9.93. The van der Waals surface area contributed by atoms with Crippen LogP contribution >= 0.6 is 31.9 Å². The number of aliphatic hydroxyl groups excluding tert-OH is 1. The molecule has 1 atom stereocenters. The van der Waals surface area contributed by atoms with E-state index in [0.29, 0.717) is 6.42 Å². The lowest BCUT2D eigenvalue weighted by Gasteiger charge is -2.15. The van der Waals surface area contributed by atoms with Crippen LogP contribution in [0.15, 0.2) is 51.4 Å². The van der Waals surface area contributed by atoms with Crippen LogP contribution in [-0.4, -0.2) is 11.7 Å². The molecule has 0 aliphatic rings. The molecule has 2 rings (SSSR count). The first-order valence-corrected chi connectivity index (χ1v) is 7.96. The van der Waals surface area contributed by atoms with Crippen LogP contribution in [0.4, 0.5) is 4.39 Å². The lowest BCUT2D eigenvalue weighted by molar-refractivity contribution is 0.224. The standard InChI is InChI=1S/C16H15Br2FO/c17-14-3-1-2-11(8-14)6-12(10-20)7-13-9-15(19)4-5-16(13)18/h1-5,8-9,12,20H,6-7,10H2. The van der Waals surface area contributed by atoms with Gasteiger partial charge in [-0.05, 0) is 60.2 Å². The van der Waals surface area contributed by atoms with Crippen molar-refractivity contribution in [2.75, 3.05) is 6.61 Å². The Labute approximate surface area is 135 Å². The number of aliphatic hydroxyl groups is 1. The third kappa shape index (κ3) is 4.40. The Morgan fingerprint density at radius 2 is 1.85 bits per heavy atom. The Kier molecular flexibility index (Phi) is 5.75. The molecule has 0 heterocycles. The van der Waals surface area contributed by atoms with E-state index in [4.69, 9.17) is 0 Å². The summed E-state index contributed by atoms with van der Waals surface area (Å²) in [5.41, 5.74) is 2.05. The summed E-state index contributed by atoms with van der Waals surface area (Å²) in [6.45, 7) is 0.0788. The minimum Gasteiger partial charge on any atom is -0.396 e. The largest absolute Gasteiger partial charge is 0.396 e. The van der Waals surface area contributed by atoms with Gasteiger partial charge in [-0.1, -0.05) is 44.0 Å². The Morgan fingerprint density at radius 1 is 1.05 bits per heavy atom. The van der Waals surface area contributed by atoms with Crippen molar-refractivity contribution in [1.29, 1.82) is 0 Å². The molecule has 0 amide bonds. The van der Waals surface area contributed by atoms with Crippen molar-refractivity contribution in [3.8, 4) is 0 Å². The molecule has 0 spiro atoms. The van der Waals surface area contributed by atoms with Gasteiger partial charge in [0.1, 0.15) is 5.82 Å². The van der Waals surface area contributed by atoms with Crippen LogP contribution in [0.1, 0.15) is 11.1 Å². The van der Waals surface area contributed by atoms with E-state index in [1.54, 1.807) is 6.07 Å². The van der Waals surface area contributed by atoms with Crippen molar-refractivity contribution in [3.05, 3.63) is 68.4 Å². The summed E-state index contributed by atoms with van der Waals surface area (Å²) in [5, 5.41) is 9.56. The molecule has 2 aromatic carbocycles. The van der Waals surface area contributed by atoms with Gasteiger partial charge in [-0.15, -0.1) is 0 Å². The SMILES string of the molecule is OCC(Cc1cccc(Br)c1)Cc1cc(F)ccc1Br. The third-order valence-corrected chi connectivity index (χ3v) is 4.45. The van der Waals surface area contributed by atoms with Gasteiger partial charge in [-0.2, -0.15) is 0 Å². The Bertz CT molecular complexity index is 586. The first kappa shape index (κ1) is 15.7. The van der Waals surface area contributed by atoms with E-state index >= 15 is 0 Å². The lowest BCUT2D eigenvalue weighted by Crippen LogP contribution is -2.13. The van der Waals surface area contributed by atoms with Crippen LogP contribution in [0, 0.1) is 11.7 Å². The summed E-state index contributed by atoms with van der Waals surface area (Å²) in [6.07, 6.45) is 1.40. The zero-order chi connectivity index (χ0) is 14.5. The molecule has 1 N–H and O–H groups in total. The Hall–Kier alpha value is -0.710. The number of rotatable bonds is 5. The molecule has 0 fully saturated rings. The van der Waals surface area contributed by atoms with Gasteiger partial charge in [-0.25, -0.2) is 4.39 Å². The summed E-state index contributed by atoms with van der Waals surface area (Å²) in [7, 11) is 0. The molecule has 4 heteroatoms. The van der Waals surface area contributed by atoms with Gasteiger partial charge < -0.3 is 5.11 Å². The number of hydrogen-bond acceptors (Lipinski definition) is 1. The molecule has 0 saturated carbocycles. The third-order valence-electron chi connectivity index (χ3n) is 3.19. The van der Waals surface area contributed by atoms with Crippen LogP contribution in [0.25, 0.3) is 0 Å². The second-order valence-corrected chi connectivity index (χ2v) is 6.59. The van der Waals surface area contributed by atoms with Crippen LogP contribution < -0.4 is 0 Å². The highest BCUT2D eigenvalue weighted by Gasteiger charge is 2.12. The van der Waals surface area contributed by atoms with Crippen LogP contribution in [0.3, 0.4) is 0 Å². The average Bonchev–Trinajstić information content (AvgIpc) is 2.42. The summed E-state index contributed by atoms with van der Waals surface area (Å²) in [6, 6.07) is 12.7. The van der Waals surface area contributed by atoms with Crippen LogP contribution in [-0.2, 0) is 12.8 Å². The minimum atomic E-state index is -0.248. The van der Waals surface area contributed by atoms with Crippen molar-refractivity contribution in [1.82, 2.24) is 0 Å². The van der Waals surface area contributed by atoms with Gasteiger partial charge in [-0.3, -0.25) is 0 Å². The predicted molar refractivity (Wildman–Crippen MR) is 86.2 cm³/mol. The number of benzene rings is 2. The number of halogens is 3. The molecular weight excluding hydrogens is 387 g/mol. The molecule has 0 saturated heterocycles. The zero-order valence-corrected chi connectivity index (χ0v) is 14.0. The highest BCUT2D eigenvalue weighted by molar-refractivity contribution is 9.10. The van der Waals surface area contributed by atoms with Crippen molar-refractivity contribution < 1.29 is 9.50 Å². The van der Waals surface area contributed by atoms with Crippen molar-refractivity contribution in [3.63, 3.8) is 0 Å². The van der Waals surface area contributed by atoms with E-state index in [-0.39, 0.29) is 18.3 Å². The Morgan fingerprint density at radius 3 is 2.55 bits per heavy atom. The molecule has 1 unspecified atom stereocenters. The maximum absolute atomic E-state index is 13.3. The van der Waals surface area contributed by atoms with Crippen molar-refractivity contribution in [2.45, 2.75) is 12.8 Å². The molecule has 106 valence electrons. The molecule has 2 aromatic rings. The fourth-order valence-electron chi connectivity index (χ4n) is 2.21. The molecular formula is C16H15Br2FO. The van der Waals surface area contributed by atoms with Gasteiger partial charge in [0.2, 0.25) is 0 Å². The highest BCUT2D eigenvalue weighted by atomic mass is 79.9. The topological polar surface area (TPSA) is 20.2 Å². The molecule has 20 heavy (non-hydrogen) atoms. The predicted octanol–water partition coefficient (Wildman–Crippen LogP) is 4.74. The van der Waals surface area contributed by atoms with E-state index in [1.807, 2.05) is 24.3 Å². The van der Waals surface area contributed by atoms with Gasteiger partial charge in [0, 0.05) is 15.6 Å². The second-order valence-electron chi connectivity index (χ2n) is 4.82. The van der Waals surface area contributed by atoms with Crippen molar-refractivity contribution in [2.24, 2.45) is 5.92 Å². The summed E-state index contributed by atoms with van der Waals surface area (Å²) >= 11 is 6.87. The first-order chi connectivity index (χ1) is 9.58. The Balaban J connectivity index is 2.11. The van der Waals surface area contributed by atoms with Gasteiger partial charge in [0.25, 0.3) is 0 Å². The minimum absolute atomic E-state index is 0.0717. The highest BCUT2D eigenvalue weighted by Crippen LogP contribution is 2.23. The fourth-order valence-corrected chi connectivity index (χ4v) is 3.06. The smallest absolute Gasteiger partial charge is 0.123 e. The van der Waals surface area contributed by atoms with Crippen LogP contribution in [0.5, 0.6) is 0 Å². The maximum Gasteiger partial charge on any atom is 0.123 e. The number of hydrogen-bond donors (Lipinski definition) is 1. The zero-order valence-electron chi connectivity index (χ0n) is 10.8.